The van der Waals surface area contributed by atoms with E-state index in [-0.39, 0.29) is 6.03 Å². The van der Waals surface area contributed by atoms with Crippen molar-refractivity contribution in [3.8, 4) is 0 Å². The smallest absolute Gasteiger partial charge is 0.317 e. The monoisotopic (exact) mass is 293 g/mol. The second-order valence-electron chi connectivity index (χ2n) is 5.58. The normalized spacial score (nSPS) is 19.9. The summed E-state index contributed by atoms with van der Waals surface area (Å²) < 4.78 is 0. The molecule has 2 amide bonds. The molecule has 1 aliphatic carbocycles. The maximum Gasteiger partial charge on any atom is 0.317 e. The van der Waals surface area contributed by atoms with Crippen LogP contribution in [0.15, 0.2) is 24.3 Å². The number of nitrogens with zero attached hydrogens (tertiary/aromatic N) is 2. The van der Waals surface area contributed by atoms with E-state index >= 15 is 0 Å². The summed E-state index contributed by atoms with van der Waals surface area (Å²) in [4.78, 5) is 16.2. The van der Waals surface area contributed by atoms with Gasteiger partial charge in [-0.25, -0.2) is 4.79 Å². The van der Waals surface area contributed by atoms with Crippen molar-refractivity contribution < 1.29 is 4.79 Å². The number of rotatable bonds is 3. The van der Waals surface area contributed by atoms with Crippen molar-refractivity contribution >= 4 is 17.6 Å². The Bertz CT molecular complexity index is 482. The van der Waals surface area contributed by atoms with Gasteiger partial charge in [-0.05, 0) is 24.5 Å². The zero-order valence-electron chi connectivity index (χ0n) is 11.5. The number of benzene rings is 1. The average Bonchev–Trinajstić information content (AvgIpc) is 3.26. The second-order valence-corrected chi connectivity index (χ2v) is 5.99. The number of amides is 2. The van der Waals surface area contributed by atoms with Gasteiger partial charge in [-0.2, -0.15) is 0 Å². The number of carbonyl (C=O) groups excluding carboxylic acids is 1. The van der Waals surface area contributed by atoms with Crippen LogP contribution >= 0.6 is 11.6 Å². The SMILES string of the molecule is O=C(NC1CC1)N1CCN(Cc2ccccc2Cl)CC1. The van der Waals surface area contributed by atoms with Crippen LogP contribution in [0.4, 0.5) is 4.79 Å². The Hall–Kier alpha value is -1.26. The van der Waals surface area contributed by atoms with Crippen LogP contribution in [-0.4, -0.2) is 48.1 Å². The average molecular weight is 294 g/mol. The summed E-state index contributed by atoms with van der Waals surface area (Å²) in [6.07, 6.45) is 2.27. The van der Waals surface area contributed by atoms with E-state index in [1.807, 2.05) is 23.1 Å². The molecule has 1 aliphatic heterocycles. The van der Waals surface area contributed by atoms with Crippen molar-refractivity contribution in [2.24, 2.45) is 0 Å². The Morgan fingerprint density at radius 2 is 1.90 bits per heavy atom. The third-order valence-corrected chi connectivity index (χ3v) is 4.28. The van der Waals surface area contributed by atoms with E-state index in [0.29, 0.717) is 6.04 Å². The Balaban J connectivity index is 1.48. The molecule has 1 heterocycles. The quantitative estimate of drug-likeness (QED) is 0.928. The van der Waals surface area contributed by atoms with Crippen molar-refractivity contribution in [1.82, 2.24) is 15.1 Å². The maximum atomic E-state index is 11.9. The van der Waals surface area contributed by atoms with Crippen molar-refractivity contribution in [2.75, 3.05) is 26.2 Å². The highest BCUT2D eigenvalue weighted by Gasteiger charge is 2.27. The molecular formula is C15H20ClN3O. The van der Waals surface area contributed by atoms with Gasteiger partial charge in [0.25, 0.3) is 0 Å². The lowest BCUT2D eigenvalue weighted by Gasteiger charge is -2.34. The fourth-order valence-corrected chi connectivity index (χ4v) is 2.67. The minimum Gasteiger partial charge on any atom is -0.335 e. The predicted molar refractivity (Wildman–Crippen MR) is 79.9 cm³/mol. The molecule has 4 nitrogen and oxygen atoms in total. The van der Waals surface area contributed by atoms with E-state index in [0.717, 1.165) is 56.2 Å². The van der Waals surface area contributed by atoms with Crippen LogP contribution in [0.1, 0.15) is 18.4 Å². The van der Waals surface area contributed by atoms with Crippen LogP contribution < -0.4 is 5.32 Å². The summed E-state index contributed by atoms with van der Waals surface area (Å²) in [7, 11) is 0. The van der Waals surface area contributed by atoms with E-state index in [9.17, 15) is 4.79 Å². The van der Waals surface area contributed by atoms with Crippen molar-refractivity contribution in [1.29, 1.82) is 0 Å². The van der Waals surface area contributed by atoms with Gasteiger partial charge in [0, 0.05) is 43.8 Å². The molecule has 3 rings (SSSR count). The third kappa shape index (κ3) is 3.44. The van der Waals surface area contributed by atoms with Gasteiger partial charge < -0.3 is 10.2 Å². The van der Waals surface area contributed by atoms with Gasteiger partial charge in [-0.1, -0.05) is 29.8 Å². The largest absolute Gasteiger partial charge is 0.335 e. The molecule has 0 radical (unpaired) electrons. The summed E-state index contributed by atoms with van der Waals surface area (Å²) in [5.74, 6) is 0. The minimum atomic E-state index is 0.102. The molecule has 0 spiro atoms. The molecule has 108 valence electrons. The first-order chi connectivity index (χ1) is 9.72. The van der Waals surface area contributed by atoms with Crippen LogP contribution in [0.3, 0.4) is 0 Å². The number of nitrogens with one attached hydrogen (secondary N) is 1. The molecule has 1 aromatic rings. The first-order valence-corrected chi connectivity index (χ1v) is 7.61. The molecule has 2 aliphatic rings. The number of halogens is 1. The van der Waals surface area contributed by atoms with Crippen molar-refractivity contribution in [3.63, 3.8) is 0 Å². The predicted octanol–water partition coefficient (Wildman–Crippen LogP) is 2.33. The van der Waals surface area contributed by atoms with E-state index in [4.69, 9.17) is 11.6 Å². The first kappa shape index (κ1) is 13.7. The lowest BCUT2D eigenvalue weighted by Crippen LogP contribution is -2.51. The first-order valence-electron chi connectivity index (χ1n) is 7.23. The van der Waals surface area contributed by atoms with Gasteiger partial charge >= 0.3 is 6.03 Å². The molecule has 5 heteroatoms. The molecule has 1 N–H and O–H groups in total. The lowest BCUT2D eigenvalue weighted by molar-refractivity contribution is 0.135. The zero-order valence-corrected chi connectivity index (χ0v) is 12.3. The second kappa shape index (κ2) is 6.02. The van der Waals surface area contributed by atoms with Gasteiger partial charge in [0.2, 0.25) is 0 Å². The number of urea groups is 1. The minimum absolute atomic E-state index is 0.102. The van der Waals surface area contributed by atoms with Crippen LogP contribution in [0.5, 0.6) is 0 Å². The molecule has 20 heavy (non-hydrogen) atoms. The number of hydrogen-bond donors (Lipinski definition) is 1. The molecule has 0 unspecified atom stereocenters. The standard InChI is InChI=1S/C15H20ClN3O/c16-14-4-2-1-3-12(14)11-18-7-9-19(10-8-18)15(20)17-13-5-6-13/h1-4,13H,5-11H2,(H,17,20). The van der Waals surface area contributed by atoms with E-state index in [2.05, 4.69) is 16.3 Å². The highest BCUT2D eigenvalue weighted by molar-refractivity contribution is 6.31. The molecule has 0 bridgehead atoms. The van der Waals surface area contributed by atoms with Crippen LogP contribution in [0.25, 0.3) is 0 Å². The topological polar surface area (TPSA) is 35.6 Å². The summed E-state index contributed by atoms with van der Waals surface area (Å²) in [5, 5.41) is 3.87. The fourth-order valence-electron chi connectivity index (χ4n) is 2.47. The van der Waals surface area contributed by atoms with Crippen molar-refractivity contribution in [2.45, 2.75) is 25.4 Å². The van der Waals surface area contributed by atoms with Crippen LogP contribution in [0, 0.1) is 0 Å². The summed E-state index contributed by atoms with van der Waals surface area (Å²) in [6.45, 7) is 4.26. The third-order valence-electron chi connectivity index (χ3n) is 3.92. The van der Waals surface area contributed by atoms with Gasteiger partial charge in [-0.15, -0.1) is 0 Å². The maximum absolute atomic E-state index is 11.9. The zero-order chi connectivity index (χ0) is 13.9. The number of hydrogen-bond acceptors (Lipinski definition) is 2. The molecule has 0 atom stereocenters. The Labute approximate surface area is 124 Å². The van der Waals surface area contributed by atoms with E-state index in [1.54, 1.807) is 0 Å². The van der Waals surface area contributed by atoms with E-state index in [1.165, 1.54) is 0 Å². The Morgan fingerprint density at radius 1 is 1.20 bits per heavy atom. The molecule has 0 aromatic heterocycles. The summed E-state index contributed by atoms with van der Waals surface area (Å²) in [5.41, 5.74) is 1.16. The molecule has 1 saturated heterocycles. The molecule has 1 saturated carbocycles. The number of piperazine rings is 1. The van der Waals surface area contributed by atoms with Gasteiger partial charge in [0.15, 0.2) is 0 Å². The van der Waals surface area contributed by atoms with Gasteiger partial charge in [0.05, 0.1) is 0 Å². The molecular weight excluding hydrogens is 274 g/mol. The van der Waals surface area contributed by atoms with E-state index < -0.39 is 0 Å². The lowest BCUT2D eigenvalue weighted by atomic mass is 10.2. The fraction of sp³-hybridized carbons (Fsp3) is 0.533. The molecule has 1 aromatic carbocycles. The van der Waals surface area contributed by atoms with Crippen LogP contribution in [0.2, 0.25) is 5.02 Å². The highest BCUT2D eigenvalue weighted by atomic mass is 35.5. The van der Waals surface area contributed by atoms with Crippen LogP contribution in [-0.2, 0) is 6.54 Å². The van der Waals surface area contributed by atoms with Gasteiger partial charge in [-0.3, -0.25) is 4.90 Å². The Morgan fingerprint density at radius 3 is 2.55 bits per heavy atom. The number of carbonyl (C=O) groups is 1. The van der Waals surface area contributed by atoms with Gasteiger partial charge in [0.1, 0.15) is 0 Å². The summed E-state index contributed by atoms with van der Waals surface area (Å²) >= 11 is 6.19. The summed E-state index contributed by atoms with van der Waals surface area (Å²) in [6, 6.07) is 8.49. The molecule has 2 fully saturated rings. The Kier molecular flexibility index (Phi) is 4.13. The van der Waals surface area contributed by atoms with Crippen molar-refractivity contribution in [3.05, 3.63) is 34.9 Å². The highest BCUT2D eigenvalue weighted by Crippen LogP contribution is 2.20.